The first-order valence-corrected chi connectivity index (χ1v) is 9.30. The smallest absolute Gasteiger partial charge is 0.336 e. The molecule has 3 aromatic rings. The summed E-state index contributed by atoms with van der Waals surface area (Å²) in [5, 5.41) is 11.1. The largest absolute Gasteiger partial charge is 0.408 e. The molecule has 0 saturated heterocycles. The van der Waals surface area contributed by atoms with E-state index in [0.29, 0.717) is 10.7 Å². The molecule has 0 bridgehead atoms. The molecular weight excluding hydrogens is 352 g/mol. The number of carbonyl (C=O) groups is 1. The number of hydrogen-bond donors (Lipinski definition) is 1. The number of rotatable bonds is 5. The molecule has 0 atom stereocenters. The molecule has 2 aromatic heterocycles. The molecule has 1 aromatic carbocycles. The molecule has 0 unspecified atom stereocenters. The average Bonchev–Trinajstić information content (AvgIpc) is 3.18. The van der Waals surface area contributed by atoms with E-state index in [1.807, 2.05) is 19.1 Å². The maximum absolute atomic E-state index is 12.2. The number of thiazole rings is 1. The first kappa shape index (κ1) is 16.3. The molecule has 2 heterocycles. The molecule has 0 aliphatic heterocycles. The standard InChI is InChI=1S/C14H12N4O4S2/c1-9-4-2-3-5-10(9)12-17-18-14(22-12)24(20,21)8-11(19)16-13-15-6-7-23-13/h2-7H,8H2,1H3,(H,15,16,19). The summed E-state index contributed by atoms with van der Waals surface area (Å²) in [6, 6.07) is 7.21. The first-order valence-electron chi connectivity index (χ1n) is 6.77. The third-order valence-electron chi connectivity index (χ3n) is 3.05. The van der Waals surface area contributed by atoms with Gasteiger partial charge in [0.1, 0.15) is 5.75 Å². The van der Waals surface area contributed by atoms with Gasteiger partial charge in [-0.15, -0.1) is 16.4 Å². The van der Waals surface area contributed by atoms with Crippen LogP contribution in [0, 0.1) is 6.92 Å². The van der Waals surface area contributed by atoms with E-state index in [9.17, 15) is 13.2 Å². The van der Waals surface area contributed by atoms with Crippen LogP contribution < -0.4 is 5.32 Å². The maximum Gasteiger partial charge on any atom is 0.336 e. The second-order valence-corrected chi connectivity index (χ2v) is 7.59. The molecule has 0 aliphatic rings. The Morgan fingerprint density at radius 3 is 2.79 bits per heavy atom. The van der Waals surface area contributed by atoms with Crippen molar-refractivity contribution in [3.63, 3.8) is 0 Å². The summed E-state index contributed by atoms with van der Waals surface area (Å²) >= 11 is 1.19. The third kappa shape index (κ3) is 3.49. The lowest BCUT2D eigenvalue weighted by Gasteiger charge is -2.01. The van der Waals surface area contributed by atoms with Gasteiger partial charge >= 0.3 is 5.22 Å². The van der Waals surface area contributed by atoms with Crippen molar-refractivity contribution in [2.45, 2.75) is 12.1 Å². The van der Waals surface area contributed by atoms with E-state index in [-0.39, 0.29) is 5.89 Å². The van der Waals surface area contributed by atoms with Gasteiger partial charge in [-0.2, -0.15) is 0 Å². The minimum absolute atomic E-state index is 0.0898. The summed E-state index contributed by atoms with van der Waals surface area (Å²) in [7, 11) is -4.04. The van der Waals surface area contributed by atoms with Gasteiger partial charge in [-0.1, -0.05) is 23.3 Å². The van der Waals surface area contributed by atoms with Crippen LogP contribution in [0.5, 0.6) is 0 Å². The SMILES string of the molecule is Cc1ccccc1-c1nnc(S(=O)(=O)CC(=O)Nc2nccs2)o1. The van der Waals surface area contributed by atoms with Crippen molar-refractivity contribution >= 4 is 32.2 Å². The zero-order valence-corrected chi connectivity index (χ0v) is 14.1. The zero-order valence-electron chi connectivity index (χ0n) is 12.5. The Balaban J connectivity index is 1.78. The molecule has 3 rings (SSSR count). The second-order valence-electron chi connectivity index (χ2n) is 4.83. The van der Waals surface area contributed by atoms with E-state index in [1.54, 1.807) is 17.5 Å². The Bertz CT molecular complexity index is 964. The van der Waals surface area contributed by atoms with Gasteiger partial charge in [0.05, 0.1) is 0 Å². The van der Waals surface area contributed by atoms with Crippen molar-refractivity contribution in [3.05, 3.63) is 41.4 Å². The molecule has 24 heavy (non-hydrogen) atoms. The van der Waals surface area contributed by atoms with Crippen molar-refractivity contribution in [1.29, 1.82) is 0 Å². The van der Waals surface area contributed by atoms with Crippen LogP contribution in [-0.4, -0.2) is 35.3 Å². The van der Waals surface area contributed by atoms with Crippen molar-refractivity contribution < 1.29 is 17.6 Å². The van der Waals surface area contributed by atoms with E-state index < -0.39 is 26.7 Å². The fraction of sp³-hybridized carbons (Fsp3) is 0.143. The molecule has 8 nitrogen and oxygen atoms in total. The van der Waals surface area contributed by atoms with Crippen LogP contribution in [0.1, 0.15) is 5.56 Å². The van der Waals surface area contributed by atoms with Gasteiger partial charge in [0.15, 0.2) is 5.13 Å². The van der Waals surface area contributed by atoms with Crippen molar-refractivity contribution in [3.8, 4) is 11.5 Å². The molecule has 10 heteroatoms. The Hall–Kier alpha value is -2.59. The number of aryl methyl sites for hydroxylation is 1. The van der Waals surface area contributed by atoms with Gasteiger partial charge in [0, 0.05) is 17.1 Å². The normalized spacial score (nSPS) is 11.4. The summed E-state index contributed by atoms with van der Waals surface area (Å²) in [6.07, 6.45) is 1.50. The highest BCUT2D eigenvalue weighted by Crippen LogP contribution is 2.23. The van der Waals surface area contributed by atoms with Crippen LogP contribution >= 0.6 is 11.3 Å². The predicted octanol–water partition coefficient (Wildman–Crippen LogP) is 1.91. The summed E-state index contributed by atoms with van der Waals surface area (Å²) in [6.45, 7) is 1.84. The number of sulfone groups is 1. The van der Waals surface area contributed by atoms with Crippen LogP contribution in [0.3, 0.4) is 0 Å². The Kier molecular flexibility index (Phi) is 4.40. The number of anilines is 1. The van der Waals surface area contributed by atoms with Gasteiger partial charge in [0.25, 0.3) is 0 Å². The quantitative estimate of drug-likeness (QED) is 0.735. The highest BCUT2D eigenvalue weighted by atomic mass is 32.2. The average molecular weight is 364 g/mol. The number of carbonyl (C=O) groups excluding carboxylic acids is 1. The van der Waals surface area contributed by atoms with Gasteiger partial charge in [-0.05, 0) is 18.6 Å². The van der Waals surface area contributed by atoms with Gasteiger partial charge in [-0.3, -0.25) is 4.79 Å². The molecule has 0 aliphatic carbocycles. The van der Waals surface area contributed by atoms with Gasteiger partial charge in [0.2, 0.25) is 21.6 Å². The zero-order chi connectivity index (χ0) is 17.2. The molecule has 0 fully saturated rings. The number of hydrogen-bond acceptors (Lipinski definition) is 8. The molecule has 1 amide bonds. The Morgan fingerprint density at radius 1 is 1.29 bits per heavy atom. The lowest BCUT2D eigenvalue weighted by Crippen LogP contribution is -2.23. The monoisotopic (exact) mass is 364 g/mol. The number of nitrogens with one attached hydrogen (secondary N) is 1. The van der Waals surface area contributed by atoms with Crippen molar-refractivity contribution in [1.82, 2.24) is 15.2 Å². The number of aromatic nitrogens is 3. The fourth-order valence-electron chi connectivity index (χ4n) is 1.93. The molecule has 0 radical (unpaired) electrons. The second kappa shape index (κ2) is 6.49. The van der Waals surface area contributed by atoms with E-state index in [1.165, 1.54) is 17.5 Å². The van der Waals surface area contributed by atoms with Crippen LogP contribution in [0.2, 0.25) is 0 Å². The highest BCUT2D eigenvalue weighted by Gasteiger charge is 2.27. The summed E-state index contributed by atoms with van der Waals surface area (Å²) in [5.41, 5.74) is 1.50. The van der Waals surface area contributed by atoms with E-state index in [0.717, 1.165) is 5.56 Å². The molecule has 124 valence electrons. The summed E-state index contributed by atoms with van der Waals surface area (Å²) < 4.78 is 29.7. The van der Waals surface area contributed by atoms with Crippen LogP contribution in [-0.2, 0) is 14.6 Å². The van der Waals surface area contributed by atoms with Crippen LogP contribution in [0.15, 0.2) is 45.5 Å². The van der Waals surface area contributed by atoms with E-state index in [4.69, 9.17) is 4.42 Å². The lowest BCUT2D eigenvalue weighted by atomic mass is 10.1. The van der Waals surface area contributed by atoms with Crippen molar-refractivity contribution in [2.24, 2.45) is 0 Å². The van der Waals surface area contributed by atoms with Crippen LogP contribution in [0.4, 0.5) is 5.13 Å². The maximum atomic E-state index is 12.2. The first-order chi connectivity index (χ1) is 11.5. The minimum atomic E-state index is -4.04. The third-order valence-corrected chi connectivity index (χ3v) is 5.08. The number of amides is 1. The number of nitrogens with zero attached hydrogens (tertiary/aromatic N) is 3. The fourth-order valence-corrected chi connectivity index (χ4v) is 3.39. The van der Waals surface area contributed by atoms with E-state index >= 15 is 0 Å². The highest BCUT2D eigenvalue weighted by molar-refractivity contribution is 7.91. The number of benzene rings is 1. The summed E-state index contributed by atoms with van der Waals surface area (Å²) in [4.78, 5) is 15.7. The van der Waals surface area contributed by atoms with Gasteiger partial charge < -0.3 is 9.73 Å². The minimum Gasteiger partial charge on any atom is -0.408 e. The summed E-state index contributed by atoms with van der Waals surface area (Å²) in [5.74, 6) is -1.44. The predicted molar refractivity (Wildman–Crippen MR) is 87.3 cm³/mol. The Morgan fingerprint density at radius 2 is 2.08 bits per heavy atom. The lowest BCUT2D eigenvalue weighted by molar-refractivity contribution is -0.113. The molecular formula is C14H12N4O4S2. The molecule has 1 N–H and O–H groups in total. The molecule has 0 spiro atoms. The molecule has 0 saturated carbocycles. The van der Waals surface area contributed by atoms with Crippen molar-refractivity contribution in [2.75, 3.05) is 11.1 Å². The van der Waals surface area contributed by atoms with Gasteiger partial charge in [-0.25, -0.2) is 13.4 Å². The topological polar surface area (TPSA) is 115 Å². The Labute approximate surface area is 141 Å². The van der Waals surface area contributed by atoms with E-state index in [2.05, 4.69) is 20.5 Å². The van der Waals surface area contributed by atoms with Crippen LogP contribution in [0.25, 0.3) is 11.5 Å².